The van der Waals surface area contributed by atoms with Gasteiger partial charge in [-0.15, -0.1) is 0 Å². The fourth-order valence-electron chi connectivity index (χ4n) is 1.42. The maximum atomic E-state index is 2.35. The first-order valence-corrected chi connectivity index (χ1v) is 3.60. The molecule has 0 aromatic carbocycles. The summed E-state index contributed by atoms with van der Waals surface area (Å²) >= 11 is 0. The van der Waals surface area contributed by atoms with Gasteiger partial charge in [0, 0.05) is 12.8 Å². The number of quaternary nitrogens is 1. The predicted molar refractivity (Wildman–Crippen MR) is 35.7 cm³/mol. The molecule has 0 bridgehead atoms. The first kappa shape index (κ1) is 9.47. The third-order valence-corrected chi connectivity index (χ3v) is 2.41. The maximum absolute atomic E-state index is 2.35. The molecule has 1 rings (SSSR count). The van der Waals surface area contributed by atoms with Crippen molar-refractivity contribution < 1.29 is 21.3 Å². The Labute approximate surface area is 68.2 Å². The van der Waals surface area contributed by atoms with Crippen molar-refractivity contribution in [3.63, 3.8) is 0 Å². The van der Waals surface area contributed by atoms with Crippen LogP contribution >= 0.6 is 0 Å². The Balaban J connectivity index is 0.000000640. The third kappa shape index (κ3) is 2.28. The summed E-state index contributed by atoms with van der Waals surface area (Å²) in [5, 5.41) is 0. The minimum atomic E-state index is 0. The quantitative estimate of drug-likeness (QED) is 0.523. The van der Waals surface area contributed by atoms with E-state index >= 15 is 0 Å². The minimum Gasteiger partial charge on any atom is -0.326 e. The Hall–Kier alpha value is 0.466. The molecule has 2 heteroatoms. The molecule has 1 nitrogen and oxygen atoms in total. The van der Waals surface area contributed by atoms with Gasteiger partial charge in [0.15, 0.2) is 0 Å². The molecular formula is C7H16CoN+3. The Bertz CT molecular complexity index is 77.0. The van der Waals surface area contributed by atoms with Crippen LogP contribution in [0, 0.1) is 0 Å². The van der Waals surface area contributed by atoms with Crippen LogP contribution in [0.3, 0.4) is 0 Å². The van der Waals surface area contributed by atoms with Gasteiger partial charge in [0.1, 0.15) is 0 Å². The molecule has 0 unspecified atom stereocenters. The molecule has 0 saturated carbocycles. The van der Waals surface area contributed by atoms with Crippen molar-refractivity contribution in [2.45, 2.75) is 19.8 Å². The first-order chi connectivity index (χ1) is 3.77. The van der Waals surface area contributed by atoms with Gasteiger partial charge in [-0.25, -0.2) is 0 Å². The number of hydrogen-bond acceptors (Lipinski definition) is 0. The van der Waals surface area contributed by atoms with E-state index in [0.717, 1.165) is 0 Å². The van der Waals surface area contributed by atoms with Crippen LogP contribution in [0.15, 0.2) is 0 Å². The van der Waals surface area contributed by atoms with E-state index in [1.165, 1.54) is 37.0 Å². The van der Waals surface area contributed by atoms with Crippen molar-refractivity contribution in [3.05, 3.63) is 0 Å². The molecule has 1 fully saturated rings. The second-order valence-corrected chi connectivity index (χ2v) is 3.09. The molecule has 1 radical (unpaired) electrons. The van der Waals surface area contributed by atoms with E-state index < -0.39 is 0 Å². The zero-order valence-electron chi connectivity index (χ0n) is 6.32. The van der Waals surface area contributed by atoms with E-state index in [-0.39, 0.29) is 16.8 Å². The van der Waals surface area contributed by atoms with Crippen molar-refractivity contribution in [1.82, 2.24) is 0 Å². The van der Waals surface area contributed by atoms with Gasteiger partial charge in [0.25, 0.3) is 0 Å². The van der Waals surface area contributed by atoms with Crippen LogP contribution in [-0.2, 0) is 16.8 Å². The van der Waals surface area contributed by atoms with Gasteiger partial charge in [-0.3, -0.25) is 0 Å². The normalized spacial score (nSPS) is 23.3. The van der Waals surface area contributed by atoms with Gasteiger partial charge in [-0.2, -0.15) is 0 Å². The fourth-order valence-corrected chi connectivity index (χ4v) is 1.42. The largest absolute Gasteiger partial charge is 2.00 e. The number of hydrogen-bond donors (Lipinski definition) is 0. The standard InChI is InChI=1S/C7H16N.Co/c1-3-8(2)6-4-5-7-8;/h3-7H2,1-2H3;/q+1;+2. The Kier molecular flexibility index (Phi) is 3.78. The molecule has 0 aliphatic carbocycles. The van der Waals surface area contributed by atoms with Crippen LogP contribution < -0.4 is 0 Å². The molecule has 9 heavy (non-hydrogen) atoms. The van der Waals surface area contributed by atoms with Gasteiger partial charge in [0.2, 0.25) is 0 Å². The van der Waals surface area contributed by atoms with Crippen LogP contribution in [0.5, 0.6) is 0 Å². The number of rotatable bonds is 1. The monoisotopic (exact) mass is 173 g/mol. The molecule has 55 valence electrons. The van der Waals surface area contributed by atoms with Crippen LogP contribution in [0.2, 0.25) is 0 Å². The minimum absolute atomic E-state index is 0. The van der Waals surface area contributed by atoms with Crippen LogP contribution in [0.4, 0.5) is 0 Å². The van der Waals surface area contributed by atoms with E-state index in [2.05, 4.69) is 14.0 Å². The van der Waals surface area contributed by atoms with Gasteiger partial charge in [-0.05, 0) is 6.92 Å². The summed E-state index contributed by atoms with van der Waals surface area (Å²) in [4.78, 5) is 0. The smallest absolute Gasteiger partial charge is 0.326 e. The van der Waals surface area contributed by atoms with E-state index in [9.17, 15) is 0 Å². The van der Waals surface area contributed by atoms with Crippen LogP contribution in [-0.4, -0.2) is 31.2 Å². The zero-order valence-corrected chi connectivity index (χ0v) is 7.36. The number of likely N-dealkylation sites (tertiary alicyclic amines) is 1. The van der Waals surface area contributed by atoms with Crippen molar-refractivity contribution >= 4 is 0 Å². The summed E-state index contributed by atoms with van der Waals surface area (Å²) in [5.41, 5.74) is 0. The summed E-state index contributed by atoms with van der Waals surface area (Å²) in [6, 6.07) is 0. The van der Waals surface area contributed by atoms with Gasteiger partial charge >= 0.3 is 16.8 Å². The van der Waals surface area contributed by atoms with E-state index in [0.29, 0.717) is 0 Å². The van der Waals surface area contributed by atoms with Gasteiger partial charge < -0.3 is 4.48 Å². The molecule has 1 aliphatic rings. The fraction of sp³-hybridized carbons (Fsp3) is 1.00. The Morgan fingerprint density at radius 2 is 1.67 bits per heavy atom. The van der Waals surface area contributed by atoms with Crippen molar-refractivity contribution in [3.8, 4) is 0 Å². The molecule has 0 amide bonds. The van der Waals surface area contributed by atoms with Gasteiger partial charge in [-0.1, -0.05) is 0 Å². The van der Waals surface area contributed by atoms with E-state index in [1.807, 2.05) is 0 Å². The Morgan fingerprint density at radius 3 is 1.89 bits per heavy atom. The van der Waals surface area contributed by atoms with E-state index in [4.69, 9.17) is 0 Å². The number of nitrogens with zero attached hydrogens (tertiary/aromatic N) is 1. The van der Waals surface area contributed by atoms with Crippen molar-refractivity contribution in [2.24, 2.45) is 0 Å². The van der Waals surface area contributed by atoms with E-state index in [1.54, 1.807) is 0 Å². The van der Waals surface area contributed by atoms with Crippen LogP contribution in [0.1, 0.15) is 19.8 Å². The summed E-state index contributed by atoms with van der Waals surface area (Å²) in [5.74, 6) is 0. The molecule has 0 N–H and O–H groups in total. The summed E-state index contributed by atoms with van der Waals surface area (Å²) in [6.07, 6.45) is 2.90. The predicted octanol–water partition coefficient (Wildman–Crippen LogP) is 1.24. The SMILES string of the molecule is CC[N+]1(C)CCCC1.[Co+2]. The summed E-state index contributed by atoms with van der Waals surface area (Å²) < 4.78 is 1.32. The molecule has 0 spiro atoms. The molecule has 0 atom stereocenters. The molecule has 1 heterocycles. The second kappa shape index (κ2) is 3.59. The average molecular weight is 173 g/mol. The second-order valence-electron chi connectivity index (χ2n) is 3.09. The first-order valence-electron chi connectivity index (χ1n) is 3.60. The molecule has 0 aromatic rings. The third-order valence-electron chi connectivity index (χ3n) is 2.41. The zero-order chi connectivity index (χ0) is 6.04. The maximum Gasteiger partial charge on any atom is 2.00 e. The van der Waals surface area contributed by atoms with Crippen molar-refractivity contribution in [2.75, 3.05) is 26.7 Å². The Morgan fingerprint density at radius 1 is 1.22 bits per heavy atom. The summed E-state index contributed by atoms with van der Waals surface area (Å²) in [7, 11) is 2.35. The molecule has 1 saturated heterocycles. The average Bonchev–Trinajstić information content (AvgIpc) is 2.17. The topological polar surface area (TPSA) is 0 Å². The van der Waals surface area contributed by atoms with Gasteiger partial charge in [0.05, 0.1) is 26.7 Å². The van der Waals surface area contributed by atoms with Crippen molar-refractivity contribution in [1.29, 1.82) is 0 Å². The molecule has 0 aromatic heterocycles. The molecule has 1 aliphatic heterocycles. The summed E-state index contributed by atoms with van der Waals surface area (Å²) in [6.45, 7) is 6.43. The molecular weight excluding hydrogens is 157 g/mol. The van der Waals surface area contributed by atoms with Crippen LogP contribution in [0.25, 0.3) is 0 Å².